The largest absolute Gasteiger partial charge is 0.335 e. The van der Waals surface area contributed by atoms with Gasteiger partial charge in [0.2, 0.25) is 5.91 Å². The van der Waals surface area contributed by atoms with Crippen molar-refractivity contribution in [2.75, 3.05) is 10.6 Å². The predicted octanol–water partition coefficient (Wildman–Crippen LogP) is 2.57. The zero-order chi connectivity index (χ0) is 13.5. The van der Waals surface area contributed by atoms with Gasteiger partial charge in [-0.15, -0.1) is 0 Å². The van der Waals surface area contributed by atoms with Crippen molar-refractivity contribution >= 4 is 23.3 Å². The summed E-state index contributed by atoms with van der Waals surface area (Å²) >= 11 is 0. The van der Waals surface area contributed by atoms with Crippen LogP contribution in [0.15, 0.2) is 24.3 Å². The van der Waals surface area contributed by atoms with Crippen LogP contribution in [0.25, 0.3) is 0 Å². The van der Waals surface area contributed by atoms with Gasteiger partial charge in [-0.2, -0.15) is 0 Å². The summed E-state index contributed by atoms with van der Waals surface area (Å²) in [5.74, 6) is -0.120. The van der Waals surface area contributed by atoms with Gasteiger partial charge in [0, 0.05) is 24.3 Å². The topological polar surface area (TPSA) is 70.2 Å². The number of carbonyl (C=O) groups excluding carboxylic acids is 2. The van der Waals surface area contributed by atoms with Gasteiger partial charge >= 0.3 is 6.03 Å². The van der Waals surface area contributed by atoms with E-state index in [0.29, 0.717) is 11.4 Å². The molecule has 3 N–H and O–H groups in total. The highest BCUT2D eigenvalue weighted by Gasteiger charge is 2.05. The van der Waals surface area contributed by atoms with E-state index in [-0.39, 0.29) is 18.0 Å². The molecule has 1 aromatic rings. The van der Waals surface area contributed by atoms with Crippen molar-refractivity contribution in [2.45, 2.75) is 33.2 Å². The molecule has 3 amide bonds. The van der Waals surface area contributed by atoms with Crippen LogP contribution in [0.5, 0.6) is 0 Å². The molecule has 0 saturated carbocycles. The molecule has 1 aromatic carbocycles. The van der Waals surface area contributed by atoms with Gasteiger partial charge < -0.3 is 16.0 Å². The third-order valence-electron chi connectivity index (χ3n) is 2.45. The van der Waals surface area contributed by atoms with Gasteiger partial charge in [0.25, 0.3) is 0 Å². The van der Waals surface area contributed by atoms with Gasteiger partial charge in [-0.05, 0) is 37.6 Å². The molecule has 0 heterocycles. The number of carbonyl (C=O) groups is 2. The first-order valence-corrected chi connectivity index (χ1v) is 5.96. The smallest absolute Gasteiger partial charge is 0.319 e. The van der Waals surface area contributed by atoms with E-state index >= 15 is 0 Å². The van der Waals surface area contributed by atoms with E-state index in [1.807, 2.05) is 13.8 Å². The Morgan fingerprint density at radius 1 is 1.11 bits per heavy atom. The van der Waals surface area contributed by atoms with E-state index in [2.05, 4.69) is 16.0 Å². The van der Waals surface area contributed by atoms with Crippen LogP contribution in [0, 0.1) is 0 Å². The Morgan fingerprint density at radius 3 is 2.06 bits per heavy atom. The Labute approximate surface area is 107 Å². The molecule has 1 unspecified atom stereocenters. The normalized spacial score (nSPS) is 11.5. The van der Waals surface area contributed by atoms with E-state index in [1.54, 1.807) is 24.3 Å². The zero-order valence-corrected chi connectivity index (χ0v) is 10.9. The lowest BCUT2D eigenvalue weighted by Gasteiger charge is -2.12. The predicted molar refractivity (Wildman–Crippen MR) is 72.7 cm³/mol. The molecule has 0 spiro atoms. The molecule has 0 aliphatic heterocycles. The maximum absolute atomic E-state index is 11.6. The monoisotopic (exact) mass is 249 g/mol. The molecule has 1 rings (SSSR count). The van der Waals surface area contributed by atoms with Gasteiger partial charge in [-0.1, -0.05) is 6.92 Å². The van der Waals surface area contributed by atoms with Crippen LogP contribution in [0.2, 0.25) is 0 Å². The molecule has 5 nitrogen and oxygen atoms in total. The second-order valence-corrected chi connectivity index (χ2v) is 4.17. The van der Waals surface area contributed by atoms with E-state index in [9.17, 15) is 9.59 Å². The van der Waals surface area contributed by atoms with Crippen molar-refractivity contribution in [3.05, 3.63) is 24.3 Å². The first-order valence-electron chi connectivity index (χ1n) is 5.96. The third-order valence-corrected chi connectivity index (χ3v) is 2.45. The third kappa shape index (κ3) is 4.86. The molecule has 0 aromatic heterocycles. The molecular formula is C13H19N3O2. The molecule has 0 radical (unpaired) electrons. The number of rotatable bonds is 4. The zero-order valence-electron chi connectivity index (χ0n) is 10.9. The number of anilines is 2. The van der Waals surface area contributed by atoms with Crippen molar-refractivity contribution in [1.29, 1.82) is 0 Å². The van der Waals surface area contributed by atoms with Crippen LogP contribution in [0.3, 0.4) is 0 Å². The summed E-state index contributed by atoms with van der Waals surface area (Å²) < 4.78 is 0. The summed E-state index contributed by atoms with van der Waals surface area (Å²) in [6.45, 7) is 5.40. The van der Waals surface area contributed by atoms with Crippen molar-refractivity contribution in [1.82, 2.24) is 5.32 Å². The number of benzene rings is 1. The Bertz CT molecular complexity index is 415. The SMILES string of the molecule is CCC(C)NC(=O)Nc1ccc(NC(C)=O)cc1. The highest BCUT2D eigenvalue weighted by Crippen LogP contribution is 2.13. The molecule has 5 heteroatoms. The second-order valence-electron chi connectivity index (χ2n) is 4.17. The molecule has 1 atom stereocenters. The average Bonchev–Trinajstić information content (AvgIpc) is 2.30. The number of hydrogen-bond acceptors (Lipinski definition) is 2. The molecule has 0 aliphatic rings. The highest BCUT2D eigenvalue weighted by molar-refractivity contribution is 5.91. The lowest BCUT2D eigenvalue weighted by Crippen LogP contribution is -2.35. The molecule has 0 bridgehead atoms. The fourth-order valence-electron chi connectivity index (χ4n) is 1.33. The first-order chi connectivity index (χ1) is 8.51. The minimum Gasteiger partial charge on any atom is -0.335 e. The average molecular weight is 249 g/mol. The molecule has 0 aliphatic carbocycles. The van der Waals surface area contributed by atoms with Crippen LogP contribution in [0.4, 0.5) is 16.2 Å². The number of amides is 3. The van der Waals surface area contributed by atoms with Gasteiger partial charge in [0.1, 0.15) is 0 Å². The Kier molecular flexibility index (Phi) is 5.17. The van der Waals surface area contributed by atoms with Crippen LogP contribution >= 0.6 is 0 Å². The van der Waals surface area contributed by atoms with E-state index in [4.69, 9.17) is 0 Å². The maximum Gasteiger partial charge on any atom is 0.319 e. The van der Waals surface area contributed by atoms with Crippen molar-refractivity contribution in [2.24, 2.45) is 0 Å². The lowest BCUT2D eigenvalue weighted by atomic mass is 10.2. The first kappa shape index (κ1) is 14.0. The minimum atomic E-state index is -0.225. The summed E-state index contributed by atoms with van der Waals surface area (Å²) in [7, 11) is 0. The summed E-state index contributed by atoms with van der Waals surface area (Å²) in [5, 5.41) is 8.19. The summed E-state index contributed by atoms with van der Waals surface area (Å²) in [6.07, 6.45) is 0.884. The van der Waals surface area contributed by atoms with Gasteiger partial charge in [0.15, 0.2) is 0 Å². The van der Waals surface area contributed by atoms with Crippen LogP contribution in [-0.2, 0) is 4.79 Å². The Morgan fingerprint density at radius 2 is 1.61 bits per heavy atom. The van der Waals surface area contributed by atoms with Crippen LogP contribution < -0.4 is 16.0 Å². The van der Waals surface area contributed by atoms with E-state index < -0.39 is 0 Å². The molecule has 0 fully saturated rings. The standard InChI is InChI=1S/C13H19N3O2/c1-4-9(2)14-13(18)16-12-7-5-11(6-8-12)15-10(3)17/h5-9H,4H2,1-3H3,(H,15,17)(H2,14,16,18). The molecule has 98 valence electrons. The van der Waals surface area contributed by atoms with Crippen LogP contribution in [-0.4, -0.2) is 18.0 Å². The Hall–Kier alpha value is -2.04. The number of nitrogens with one attached hydrogen (secondary N) is 3. The number of urea groups is 1. The maximum atomic E-state index is 11.6. The van der Waals surface area contributed by atoms with Crippen LogP contribution in [0.1, 0.15) is 27.2 Å². The molecule has 0 saturated heterocycles. The highest BCUT2D eigenvalue weighted by atomic mass is 16.2. The second kappa shape index (κ2) is 6.64. The molecular weight excluding hydrogens is 230 g/mol. The van der Waals surface area contributed by atoms with Gasteiger partial charge in [-0.25, -0.2) is 4.79 Å². The summed E-state index contributed by atoms with van der Waals surface area (Å²) in [4.78, 5) is 22.4. The van der Waals surface area contributed by atoms with Gasteiger partial charge in [0.05, 0.1) is 0 Å². The fraction of sp³-hybridized carbons (Fsp3) is 0.385. The van der Waals surface area contributed by atoms with Crippen molar-refractivity contribution in [3.8, 4) is 0 Å². The quantitative estimate of drug-likeness (QED) is 0.767. The fourth-order valence-corrected chi connectivity index (χ4v) is 1.33. The Balaban J connectivity index is 2.53. The lowest BCUT2D eigenvalue weighted by molar-refractivity contribution is -0.114. The van der Waals surface area contributed by atoms with Crippen molar-refractivity contribution in [3.63, 3.8) is 0 Å². The van der Waals surface area contributed by atoms with Gasteiger partial charge in [-0.3, -0.25) is 4.79 Å². The summed E-state index contributed by atoms with van der Waals surface area (Å²) in [6, 6.07) is 6.86. The minimum absolute atomic E-state index is 0.120. The van der Waals surface area contributed by atoms with Crippen molar-refractivity contribution < 1.29 is 9.59 Å². The molecule has 18 heavy (non-hydrogen) atoms. The number of hydrogen-bond donors (Lipinski definition) is 3. The summed E-state index contributed by atoms with van der Waals surface area (Å²) in [5.41, 5.74) is 1.39. The van der Waals surface area contributed by atoms with E-state index in [0.717, 1.165) is 6.42 Å². The van der Waals surface area contributed by atoms with E-state index in [1.165, 1.54) is 6.92 Å².